The number of furan rings is 1. The summed E-state index contributed by atoms with van der Waals surface area (Å²) in [5.41, 5.74) is 10.5. The summed E-state index contributed by atoms with van der Waals surface area (Å²) in [6.45, 7) is 0. The number of phenols is 1. The summed E-state index contributed by atoms with van der Waals surface area (Å²) in [4.78, 5) is 10.3. The Labute approximate surface area is 313 Å². The first-order valence-corrected chi connectivity index (χ1v) is 16.9. The molecule has 10 rings (SSSR count). The maximum Gasteiger partial charge on any atom is 0.148 e. The zero-order valence-electron chi connectivity index (χ0n) is 27.6. The van der Waals surface area contributed by atoms with Crippen molar-refractivity contribution in [2.75, 3.05) is 0 Å². The van der Waals surface area contributed by atoms with Crippen molar-refractivity contribution in [3.63, 3.8) is 0 Å². The minimum atomic E-state index is 0. The molecule has 0 saturated heterocycles. The molecule has 0 fully saturated rings. The largest absolute Gasteiger partial charge is 0.507 e. The predicted molar refractivity (Wildman–Crippen MR) is 206 cm³/mol. The number of nitrogens with zero attached hydrogens (tertiary/aromatic N) is 3. The molecule has 0 amide bonds. The van der Waals surface area contributed by atoms with Crippen LogP contribution in [0.4, 0.5) is 0 Å². The van der Waals surface area contributed by atoms with Crippen LogP contribution in [-0.4, -0.2) is 19.6 Å². The number of phenolic OH excluding ortho intramolecular Hbond substituents is 1. The second-order valence-electron chi connectivity index (χ2n) is 12.7. The molecule has 0 saturated carbocycles. The van der Waals surface area contributed by atoms with E-state index in [0.717, 1.165) is 77.6 Å². The fourth-order valence-electron chi connectivity index (χ4n) is 7.24. The van der Waals surface area contributed by atoms with Crippen molar-refractivity contribution in [1.82, 2.24) is 14.5 Å². The molecule has 7 aromatic carbocycles. The van der Waals surface area contributed by atoms with E-state index in [1.165, 1.54) is 5.39 Å². The summed E-state index contributed by atoms with van der Waals surface area (Å²) in [5, 5.41) is 15.3. The van der Waals surface area contributed by atoms with Gasteiger partial charge in [-0.05, 0) is 58.8 Å². The van der Waals surface area contributed by atoms with E-state index in [2.05, 4.69) is 108 Å². The van der Waals surface area contributed by atoms with Crippen molar-refractivity contribution in [3.8, 4) is 56.3 Å². The molecule has 0 aliphatic heterocycles. The van der Waals surface area contributed by atoms with E-state index in [1.807, 2.05) is 60.8 Å². The van der Waals surface area contributed by atoms with Crippen LogP contribution in [0.1, 0.15) is 0 Å². The molecule has 250 valence electrons. The monoisotopic (exact) mass is 849 g/mol. The van der Waals surface area contributed by atoms with E-state index < -0.39 is 0 Å². The van der Waals surface area contributed by atoms with Gasteiger partial charge >= 0.3 is 0 Å². The normalized spacial score (nSPS) is 11.4. The third-order valence-corrected chi connectivity index (χ3v) is 9.63. The first-order valence-electron chi connectivity index (χ1n) is 16.9. The number of hydrogen-bond acceptors (Lipinski definition) is 4. The van der Waals surface area contributed by atoms with E-state index in [0.29, 0.717) is 11.4 Å². The van der Waals surface area contributed by atoms with Gasteiger partial charge in [0.05, 0.1) is 16.6 Å². The van der Waals surface area contributed by atoms with Crippen LogP contribution in [0.2, 0.25) is 0 Å². The van der Waals surface area contributed by atoms with E-state index in [-0.39, 0.29) is 26.8 Å². The van der Waals surface area contributed by atoms with Gasteiger partial charge in [0.15, 0.2) is 0 Å². The maximum absolute atomic E-state index is 11.0. The summed E-state index contributed by atoms with van der Waals surface area (Å²) < 4.78 is 8.54. The molecular formula is C46H28N3O2Pt-. The van der Waals surface area contributed by atoms with Crippen LogP contribution in [0.25, 0.3) is 94.3 Å². The van der Waals surface area contributed by atoms with Crippen molar-refractivity contribution in [3.05, 3.63) is 170 Å². The van der Waals surface area contributed by atoms with E-state index in [1.54, 1.807) is 6.07 Å². The van der Waals surface area contributed by atoms with Gasteiger partial charge in [-0.1, -0.05) is 120 Å². The molecule has 52 heavy (non-hydrogen) atoms. The molecule has 1 N–H and O–H groups in total. The first kappa shape index (κ1) is 31.7. The van der Waals surface area contributed by atoms with E-state index in [9.17, 15) is 5.11 Å². The maximum atomic E-state index is 11.0. The zero-order valence-corrected chi connectivity index (χ0v) is 29.9. The van der Waals surface area contributed by atoms with Crippen LogP contribution < -0.4 is 0 Å². The number of para-hydroxylation sites is 3. The number of pyridine rings is 1. The summed E-state index contributed by atoms with van der Waals surface area (Å²) in [6.07, 6.45) is 1.92. The molecule has 0 aliphatic rings. The van der Waals surface area contributed by atoms with Crippen molar-refractivity contribution < 1.29 is 30.6 Å². The molecule has 0 atom stereocenters. The average Bonchev–Trinajstić information content (AvgIpc) is 3.77. The Morgan fingerprint density at radius 3 is 2.17 bits per heavy atom. The Morgan fingerprint density at radius 2 is 1.33 bits per heavy atom. The molecule has 5 nitrogen and oxygen atoms in total. The van der Waals surface area contributed by atoms with Gasteiger partial charge in [-0.25, -0.2) is 4.98 Å². The number of benzene rings is 7. The molecule has 0 spiro atoms. The van der Waals surface area contributed by atoms with Crippen molar-refractivity contribution in [2.45, 2.75) is 0 Å². The van der Waals surface area contributed by atoms with Gasteiger partial charge < -0.3 is 9.52 Å². The van der Waals surface area contributed by atoms with Gasteiger partial charge in [-0.3, -0.25) is 9.55 Å². The van der Waals surface area contributed by atoms with Gasteiger partial charge in [-0.2, -0.15) is 0 Å². The van der Waals surface area contributed by atoms with Gasteiger partial charge in [-0.15, -0.1) is 23.8 Å². The van der Waals surface area contributed by atoms with Crippen molar-refractivity contribution >= 4 is 43.7 Å². The van der Waals surface area contributed by atoms with Gasteiger partial charge in [0.2, 0.25) is 0 Å². The first-order chi connectivity index (χ1) is 25.2. The van der Waals surface area contributed by atoms with Crippen LogP contribution in [0.15, 0.2) is 168 Å². The topological polar surface area (TPSA) is 64.1 Å². The Bertz CT molecular complexity index is 2930. The second-order valence-corrected chi connectivity index (χ2v) is 12.7. The Kier molecular flexibility index (Phi) is 7.79. The van der Waals surface area contributed by atoms with Crippen molar-refractivity contribution in [1.29, 1.82) is 0 Å². The SMILES string of the molecule is Oc1ccccc1-c1nc2c(-c3[c-]c(-c4cc5oc6ccc7ccccc7c6c5cn4)cc(-c4ccccc4)c3)cccc2n1-c1ccccc1.[Pt]. The molecule has 0 unspecified atom stereocenters. The Hall–Kier alpha value is -6.29. The average molecular weight is 850 g/mol. The minimum absolute atomic E-state index is 0. The number of hydrogen-bond donors (Lipinski definition) is 1. The zero-order chi connectivity index (χ0) is 33.9. The number of aromatic hydroxyl groups is 1. The molecule has 10 aromatic rings. The van der Waals surface area contributed by atoms with Gasteiger partial charge in [0, 0.05) is 49.4 Å². The molecule has 3 heterocycles. The Balaban J connectivity index is 0.00000360. The number of fused-ring (bicyclic) bond motifs is 6. The fraction of sp³-hybridized carbons (Fsp3) is 0. The summed E-state index contributed by atoms with van der Waals surface area (Å²) >= 11 is 0. The molecule has 3 aromatic heterocycles. The molecular weight excluding hydrogens is 822 g/mol. The quantitative estimate of drug-likeness (QED) is 0.175. The third kappa shape index (κ3) is 5.21. The van der Waals surface area contributed by atoms with Crippen LogP contribution in [0, 0.1) is 6.07 Å². The second kappa shape index (κ2) is 12.8. The number of imidazole rings is 1. The summed E-state index contributed by atoms with van der Waals surface area (Å²) in [6, 6.07) is 56.6. The van der Waals surface area contributed by atoms with Gasteiger partial charge in [0.25, 0.3) is 0 Å². The van der Waals surface area contributed by atoms with Crippen molar-refractivity contribution in [2.24, 2.45) is 0 Å². The molecule has 0 aliphatic carbocycles. The number of rotatable bonds is 5. The fourth-order valence-corrected chi connectivity index (χ4v) is 7.24. The van der Waals surface area contributed by atoms with Crippen LogP contribution in [0.5, 0.6) is 5.75 Å². The smallest absolute Gasteiger partial charge is 0.148 e. The molecule has 0 radical (unpaired) electrons. The van der Waals surface area contributed by atoms with Crippen LogP contribution in [0.3, 0.4) is 0 Å². The summed E-state index contributed by atoms with van der Waals surface area (Å²) in [7, 11) is 0. The molecule has 6 heteroatoms. The minimum Gasteiger partial charge on any atom is -0.507 e. The number of aromatic nitrogens is 3. The standard InChI is InChI=1S/C46H28N3O2.Pt/c50-41-21-10-9-18-37(41)46-48-45-36(19-11-20-40(45)49(46)34-15-5-2-6-16-34)32-24-31(29-12-3-1-4-13-29)25-33(26-32)39-27-43-38(28-47-39)44-35-17-8-7-14-30(35)22-23-42(44)51-43;/h1-25,27-28,50H;/q-1;. The van der Waals surface area contributed by atoms with Gasteiger partial charge in [0.1, 0.15) is 22.7 Å². The molecule has 0 bridgehead atoms. The summed E-state index contributed by atoms with van der Waals surface area (Å²) in [5.74, 6) is 0.831. The Morgan fingerprint density at radius 1 is 0.596 bits per heavy atom. The van der Waals surface area contributed by atoms with Crippen LogP contribution >= 0.6 is 0 Å². The van der Waals surface area contributed by atoms with E-state index >= 15 is 0 Å². The van der Waals surface area contributed by atoms with E-state index in [4.69, 9.17) is 14.4 Å². The predicted octanol–water partition coefficient (Wildman–Crippen LogP) is 11.6. The third-order valence-electron chi connectivity index (χ3n) is 9.63. The van der Waals surface area contributed by atoms with Crippen LogP contribution in [-0.2, 0) is 21.1 Å².